The van der Waals surface area contributed by atoms with Crippen molar-refractivity contribution in [1.29, 1.82) is 5.26 Å². The highest BCUT2D eigenvalue weighted by atomic mass is 16.5. The van der Waals surface area contributed by atoms with Gasteiger partial charge in [0, 0.05) is 25.2 Å². The number of aromatic nitrogens is 1. The zero-order valence-electron chi connectivity index (χ0n) is 19.5. The first-order valence-corrected chi connectivity index (χ1v) is 11.5. The highest BCUT2D eigenvalue weighted by Crippen LogP contribution is 2.32. The Labute approximate surface area is 195 Å². The van der Waals surface area contributed by atoms with Crippen LogP contribution in [0.2, 0.25) is 0 Å². The summed E-state index contributed by atoms with van der Waals surface area (Å²) < 4.78 is 11.2. The number of fused-ring (bicyclic) bond motifs is 1. The lowest BCUT2D eigenvalue weighted by molar-refractivity contribution is 0.242. The Hall–Kier alpha value is -3.50. The molecule has 0 fully saturated rings. The molecule has 0 radical (unpaired) electrons. The Morgan fingerprint density at radius 2 is 1.91 bits per heavy atom. The maximum absolute atomic E-state index is 9.99. The molecule has 0 saturated carbocycles. The molecule has 0 bridgehead atoms. The molecule has 7 heteroatoms. The molecule has 33 heavy (non-hydrogen) atoms. The van der Waals surface area contributed by atoms with E-state index in [1.807, 2.05) is 50.2 Å². The molecule has 3 heterocycles. The second-order valence-electron chi connectivity index (χ2n) is 8.47. The Kier molecular flexibility index (Phi) is 7.16. The molecule has 0 saturated heterocycles. The third-order valence-electron chi connectivity index (χ3n) is 5.80. The lowest BCUT2D eigenvalue weighted by Gasteiger charge is -2.30. The number of hydrogen-bond donors (Lipinski definition) is 2. The van der Waals surface area contributed by atoms with Crippen molar-refractivity contribution < 1.29 is 9.15 Å². The number of ether oxygens (including phenoxy) is 1. The zero-order chi connectivity index (χ0) is 23.2. The first-order valence-electron chi connectivity index (χ1n) is 11.5. The average molecular weight is 446 g/mol. The van der Waals surface area contributed by atoms with Crippen molar-refractivity contribution in [3.05, 3.63) is 70.7 Å². The number of likely N-dealkylation sites (N-methyl/N-ethyl adjacent to an activating group) is 1. The van der Waals surface area contributed by atoms with Crippen molar-refractivity contribution in [1.82, 2.24) is 9.88 Å². The molecule has 7 nitrogen and oxygen atoms in total. The van der Waals surface area contributed by atoms with Crippen LogP contribution >= 0.6 is 0 Å². The second-order valence-corrected chi connectivity index (χ2v) is 8.47. The van der Waals surface area contributed by atoms with E-state index in [9.17, 15) is 5.26 Å². The molecule has 172 valence electrons. The summed E-state index contributed by atoms with van der Waals surface area (Å²) in [5.74, 6) is 3.12. The number of nitrogens with one attached hydrogen (secondary N) is 2. The smallest absolute Gasteiger partial charge is 0.146 e. The summed E-state index contributed by atoms with van der Waals surface area (Å²) in [5, 5.41) is 16.8. The predicted octanol–water partition coefficient (Wildman–Crippen LogP) is 4.94. The first-order chi connectivity index (χ1) is 16.1. The highest BCUT2D eigenvalue weighted by Gasteiger charge is 2.25. The molecule has 1 aromatic carbocycles. The van der Waals surface area contributed by atoms with Crippen LogP contribution in [0.5, 0.6) is 5.75 Å². The van der Waals surface area contributed by atoms with Gasteiger partial charge in [-0.2, -0.15) is 5.26 Å². The summed E-state index contributed by atoms with van der Waals surface area (Å²) >= 11 is 0. The largest absolute Gasteiger partial charge is 0.491 e. The third kappa shape index (κ3) is 5.47. The molecule has 0 amide bonds. The molecule has 0 unspecified atom stereocenters. The van der Waals surface area contributed by atoms with Gasteiger partial charge in [-0.3, -0.25) is 4.90 Å². The fourth-order valence-corrected chi connectivity index (χ4v) is 4.08. The van der Waals surface area contributed by atoms with Gasteiger partial charge in [0.25, 0.3) is 0 Å². The van der Waals surface area contributed by atoms with E-state index < -0.39 is 0 Å². The normalized spacial score (nSPS) is 13.4. The third-order valence-corrected chi connectivity index (χ3v) is 5.80. The van der Waals surface area contributed by atoms with Crippen LogP contribution in [0.3, 0.4) is 0 Å². The van der Waals surface area contributed by atoms with E-state index in [2.05, 4.69) is 28.5 Å². The number of nitrogens with zero attached hydrogens (tertiary/aromatic N) is 3. The van der Waals surface area contributed by atoms with Gasteiger partial charge in [-0.15, -0.1) is 0 Å². The summed E-state index contributed by atoms with van der Waals surface area (Å²) in [6.45, 7) is 9.99. The molecular formula is C26H31N5O2. The summed E-state index contributed by atoms with van der Waals surface area (Å²) in [7, 11) is 0. The minimum absolute atomic E-state index is 0.141. The quantitative estimate of drug-likeness (QED) is 0.483. The van der Waals surface area contributed by atoms with Crippen molar-refractivity contribution >= 4 is 11.6 Å². The van der Waals surface area contributed by atoms with Crippen LogP contribution in [0.1, 0.15) is 48.8 Å². The number of anilines is 2. The summed E-state index contributed by atoms with van der Waals surface area (Å²) in [6, 6.07) is 14.2. The molecule has 2 N–H and O–H groups in total. The number of furan rings is 1. The minimum atomic E-state index is 0.141. The SMILES string of the molecule is CCN1CCc2c(C#N)c(NCc3ccc(OC(C)C)cc3)nc(NCc3ccco3)c2C1. The van der Waals surface area contributed by atoms with Crippen molar-refractivity contribution in [3.8, 4) is 11.8 Å². The number of nitriles is 1. The fraction of sp³-hybridized carbons (Fsp3) is 0.385. The number of hydrogen-bond acceptors (Lipinski definition) is 7. The van der Waals surface area contributed by atoms with Gasteiger partial charge in [-0.25, -0.2) is 4.98 Å². The van der Waals surface area contributed by atoms with Crippen molar-refractivity contribution in [2.45, 2.75) is 52.9 Å². The highest BCUT2D eigenvalue weighted by molar-refractivity contribution is 5.66. The maximum atomic E-state index is 9.99. The Balaban J connectivity index is 1.58. The van der Waals surface area contributed by atoms with Crippen molar-refractivity contribution in [2.75, 3.05) is 23.7 Å². The van der Waals surface area contributed by atoms with Crippen LogP contribution in [0, 0.1) is 11.3 Å². The van der Waals surface area contributed by atoms with Gasteiger partial charge < -0.3 is 19.8 Å². The van der Waals surface area contributed by atoms with Crippen LogP contribution < -0.4 is 15.4 Å². The Morgan fingerprint density at radius 3 is 2.58 bits per heavy atom. The summed E-state index contributed by atoms with van der Waals surface area (Å²) in [5.41, 5.74) is 3.93. The van der Waals surface area contributed by atoms with E-state index in [0.717, 1.165) is 60.1 Å². The first kappa shape index (κ1) is 22.7. The number of pyridine rings is 1. The van der Waals surface area contributed by atoms with Gasteiger partial charge in [-0.05, 0) is 62.2 Å². The van der Waals surface area contributed by atoms with E-state index in [4.69, 9.17) is 14.1 Å². The topological polar surface area (TPSA) is 86.4 Å². The average Bonchev–Trinajstić information content (AvgIpc) is 3.35. The maximum Gasteiger partial charge on any atom is 0.146 e. The van der Waals surface area contributed by atoms with Gasteiger partial charge in [-0.1, -0.05) is 19.1 Å². The van der Waals surface area contributed by atoms with Crippen LogP contribution in [-0.2, 0) is 26.1 Å². The van der Waals surface area contributed by atoms with Crippen LogP contribution in [0.25, 0.3) is 0 Å². The molecule has 0 spiro atoms. The van der Waals surface area contributed by atoms with Crippen LogP contribution in [0.15, 0.2) is 47.1 Å². The van der Waals surface area contributed by atoms with E-state index >= 15 is 0 Å². The molecule has 0 atom stereocenters. The van der Waals surface area contributed by atoms with Crippen molar-refractivity contribution in [3.63, 3.8) is 0 Å². The lowest BCUT2D eigenvalue weighted by Crippen LogP contribution is -2.32. The Morgan fingerprint density at radius 1 is 1.12 bits per heavy atom. The monoisotopic (exact) mass is 445 g/mol. The van der Waals surface area contributed by atoms with Gasteiger partial charge in [0.2, 0.25) is 0 Å². The van der Waals surface area contributed by atoms with E-state index in [1.54, 1.807) is 6.26 Å². The van der Waals surface area contributed by atoms with E-state index in [-0.39, 0.29) is 6.10 Å². The second kappa shape index (κ2) is 10.4. The Bertz CT molecular complexity index is 1100. The van der Waals surface area contributed by atoms with Gasteiger partial charge in [0.15, 0.2) is 0 Å². The van der Waals surface area contributed by atoms with E-state index in [0.29, 0.717) is 24.5 Å². The predicted molar refractivity (Wildman–Crippen MR) is 129 cm³/mol. The van der Waals surface area contributed by atoms with Gasteiger partial charge >= 0.3 is 0 Å². The minimum Gasteiger partial charge on any atom is -0.491 e. The van der Waals surface area contributed by atoms with Gasteiger partial charge in [0.05, 0.1) is 24.5 Å². The standard InChI is InChI=1S/C26H31N5O2/c1-4-31-12-11-22-23(14-27)25(28-15-19-7-9-20(10-8-19)33-18(2)3)30-26(24(22)17-31)29-16-21-6-5-13-32-21/h5-10,13,18H,4,11-12,15-17H2,1-3H3,(H2,28,29,30). The molecule has 0 aliphatic carbocycles. The van der Waals surface area contributed by atoms with E-state index in [1.165, 1.54) is 0 Å². The summed E-state index contributed by atoms with van der Waals surface area (Å²) in [6.07, 6.45) is 2.64. The van der Waals surface area contributed by atoms with Crippen LogP contribution in [0.4, 0.5) is 11.6 Å². The lowest BCUT2D eigenvalue weighted by atomic mass is 9.95. The molecule has 4 rings (SSSR count). The molecule has 1 aliphatic heterocycles. The van der Waals surface area contributed by atoms with Gasteiger partial charge in [0.1, 0.15) is 29.2 Å². The van der Waals surface area contributed by atoms with Crippen molar-refractivity contribution in [2.24, 2.45) is 0 Å². The summed E-state index contributed by atoms with van der Waals surface area (Å²) in [4.78, 5) is 7.23. The molecule has 1 aliphatic rings. The fourth-order valence-electron chi connectivity index (χ4n) is 4.08. The zero-order valence-corrected chi connectivity index (χ0v) is 19.5. The molecule has 3 aromatic rings. The number of rotatable bonds is 9. The van der Waals surface area contributed by atoms with Crippen LogP contribution in [-0.4, -0.2) is 29.1 Å². The molecular weight excluding hydrogens is 414 g/mol. The number of benzene rings is 1. The molecule has 2 aromatic heterocycles.